The molecule has 2 aromatic carbocycles. The second-order valence-electron chi connectivity index (χ2n) is 8.86. The lowest BCUT2D eigenvalue weighted by molar-refractivity contribution is -0.130. The number of piperidine rings is 1. The van der Waals surface area contributed by atoms with E-state index in [9.17, 15) is 4.79 Å². The zero-order valence-electron chi connectivity index (χ0n) is 19.6. The molecule has 1 aliphatic rings. The standard InChI is InChI=1S/C26H32N4O2S/c1-4-32-23-12-10-22(11-13-23)30-24(15-21-8-6-5-7-9-21)27-28-26(30)33-18-25(31)29-16-19(2)14-20(3)17-29/h5-13,19-20H,4,14-18H2,1-3H3/t19-,20+. The van der Waals surface area contributed by atoms with E-state index in [1.807, 2.05) is 54.3 Å². The minimum atomic E-state index is 0.171. The van der Waals surface area contributed by atoms with E-state index in [-0.39, 0.29) is 5.91 Å². The number of ether oxygens (including phenoxy) is 1. The largest absolute Gasteiger partial charge is 0.494 e. The van der Waals surface area contributed by atoms with Crippen LogP contribution in [0.5, 0.6) is 5.75 Å². The van der Waals surface area contributed by atoms with Gasteiger partial charge in [-0.25, -0.2) is 0 Å². The smallest absolute Gasteiger partial charge is 0.233 e. The number of hydrogen-bond donors (Lipinski definition) is 0. The molecule has 1 aliphatic heterocycles. The van der Waals surface area contributed by atoms with Crippen molar-refractivity contribution in [2.24, 2.45) is 11.8 Å². The van der Waals surface area contributed by atoms with Crippen LogP contribution in [0, 0.1) is 11.8 Å². The highest BCUT2D eigenvalue weighted by Gasteiger charge is 2.26. The maximum Gasteiger partial charge on any atom is 0.233 e. The number of rotatable bonds is 8. The second-order valence-corrected chi connectivity index (χ2v) is 9.80. The summed E-state index contributed by atoms with van der Waals surface area (Å²) in [6.45, 7) is 8.73. The van der Waals surface area contributed by atoms with Crippen LogP contribution in [0.25, 0.3) is 5.69 Å². The highest BCUT2D eigenvalue weighted by Crippen LogP contribution is 2.27. The number of amides is 1. The summed E-state index contributed by atoms with van der Waals surface area (Å²) in [5.74, 6) is 3.31. The van der Waals surface area contributed by atoms with Gasteiger partial charge in [0, 0.05) is 25.2 Å². The molecule has 0 saturated carbocycles. The number of hydrogen-bond acceptors (Lipinski definition) is 5. The normalized spacial score (nSPS) is 18.3. The van der Waals surface area contributed by atoms with Crippen molar-refractivity contribution in [3.63, 3.8) is 0 Å². The summed E-state index contributed by atoms with van der Waals surface area (Å²) >= 11 is 1.46. The molecular formula is C26H32N4O2S. The first kappa shape index (κ1) is 23.4. The molecule has 1 amide bonds. The Balaban J connectivity index is 1.56. The molecule has 6 nitrogen and oxygen atoms in total. The van der Waals surface area contributed by atoms with Crippen LogP contribution in [0.15, 0.2) is 59.8 Å². The van der Waals surface area contributed by atoms with Crippen LogP contribution in [0.4, 0.5) is 0 Å². The molecule has 0 spiro atoms. The quantitative estimate of drug-likeness (QED) is 0.446. The second kappa shape index (κ2) is 10.9. The van der Waals surface area contributed by atoms with Gasteiger partial charge in [-0.3, -0.25) is 9.36 Å². The average Bonchev–Trinajstić information content (AvgIpc) is 3.20. The summed E-state index contributed by atoms with van der Waals surface area (Å²) in [5.41, 5.74) is 2.13. The Labute approximate surface area is 200 Å². The molecule has 1 saturated heterocycles. The third-order valence-corrected chi connectivity index (χ3v) is 6.77. The third-order valence-electron chi connectivity index (χ3n) is 5.86. The summed E-state index contributed by atoms with van der Waals surface area (Å²) in [6, 6.07) is 18.2. The summed E-state index contributed by atoms with van der Waals surface area (Å²) in [6.07, 6.45) is 1.85. The van der Waals surface area contributed by atoms with Crippen molar-refractivity contribution in [3.8, 4) is 11.4 Å². The summed E-state index contributed by atoms with van der Waals surface area (Å²) in [5, 5.41) is 9.70. The maximum absolute atomic E-state index is 13.0. The molecule has 2 atom stereocenters. The Kier molecular flexibility index (Phi) is 7.70. The minimum Gasteiger partial charge on any atom is -0.494 e. The van der Waals surface area contributed by atoms with Crippen molar-refractivity contribution >= 4 is 17.7 Å². The van der Waals surface area contributed by atoms with E-state index in [1.165, 1.54) is 23.7 Å². The number of thioether (sulfide) groups is 1. The van der Waals surface area contributed by atoms with E-state index in [0.717, 1.165) is 35.5 Å². The fourth-order valence-corrected chi connectivity index (χ4v) is 5.36. The molecule has 1 aromatic heterocycles. The zero-order valence-corrected chi connectivity index (χ0v) is 20.4. The molecule has 4 rings (SSSR count). The highest BCUT2D eigenvalue weighted by atomic mass is 32.2. The molecular weight excluding hydrogens is 432 g/mol. The van der Waals surface area contributed by atoms with Crippen LogP contribution in [0.1, 0.15) is 38.6 Å². The monoisotopic (exact) mass is 464 g/mol. The third kappa shape index (κ3) is 5.96. The molecule has 0 radical (unpaired) electrons. The number of aromatic nitrogens is 3. The molecule has 0 unspecified atom stereocenters. The number of carbonyl (C=O) groups excluding carboxylic acids is 1. The Morgan fingerprint density at radius 1 is 1.03 bits per heavy atom. The predicted molar refractivity (Wildman–Crippen MR) is 132 cm³/mol. The van der Waals surface area contributed by atoms with Gasteiger partial charge in [-0.15, -0.1) is 10.2 Å². The topological polar surface area (TPSA) is 60.2 Å². The molecule has 174 valence electrons. The van der Waals surface area contributed by atoms with E-state index < -0.39 is 0 Å². The molecule has 2 heterocycles. The lowest BCUT2D eigenvalue weighted by Crippen LogP contribution is -2.43. The molecule has 1 fully saturated rings. The van der Waals surface area contributed by atoms with Gasteiger partial charge in [0.1, 0.15) is 11.6 Å². The lowest BCUT2D eigenvalue weighted by Gasteiger charge is -2.34. The van der Waals surface area contributed by atoms with Gasteiger partial charge in [0.2, 0.25) is 5.91 Å². The van der Waals surface area contributed by atoms with Crippen LogP contribution in [-0.2, 0) is 11.2 Å². The Morgan fingerprint density at radius 3 is 2.39 bits per heavy atom. The molecule has 33 heavy (non-hydrogen) atoms. The van der Waals surface area contributed by atoms with Crippen molar-refractivity contribution in [1.82, 2.24) is 19.7 Å². The van der Waals surface area contributed by atoms with Crippen molar-refractivity contribution in [2.75, 3.05) is 25.4 Å². The fourth-order valence-electron chi connectivity index (χ4n) is 4.49. The first-order chi connectivity index (χ1) is 16.0. The van der Waals surface area contributed by atoms with E-state index in [0.29, 0.717) is 30.6 Å². The number of likely N-dealkylation sites (tertiary alicyclic amines) is 1. The van der Waals surface area contributed by atoms with Gasteiger partial charge < -0.3 is 9.64 Å². The number of nitrogens with zero attached hydrogens (tertiary/aromatic N) is 4. The maximum atomic E-state index is 13.0. The van der Waals surface area contributed by atoms with Gasteiger partial charge >= 0.3 is 0 Å². The van der Waals surface area contributed by atoms with Crippen LogP contribution in [-0.4, -0.2) is 51.0 Å². The van der Waals surface area contributed by atoms with Crippen LogP contribution >= 0.6 is 11.8 Å². The fraction of sp³-hybridized carbons (Fsp3) is 0.423. The van der Waals surface area contributed by atoms with Crippen LogP contribution in [0.3, 0.4) is 0 Å². The summed E-state index contributed by atoms with van der Waals surface area (Å²) < 4.78 is 7.66. The van der Waals surface area contributed by atoms with E-state index >= 15 is 0 Å². The van der Waals surface area contributed by atoms with Gasteiger partial charge in [-0.2, -0.15) is 0 Å². The Hall–Kier alpha value is -2.80. The Bertz CT molecular complexity index is 1040. The van der Waals surface area contributed by atoms with Crippen LogP contribution in [0.2, 0.25) is 0 Å². The zero-order chi connectivity index (χ0) is 23.2. The van der Waals surface area contributed by atoms with E-state index in [1.54, 1.807) is 0 Å². The molecule has 0 aliphatic carbocycles. The van der Waals surface area contributed by atoms with Crippen molar-refractivity contribution < 1.29 is 9.53 Å². The van der Waals surface area contributed by atoms with Crippen molar-refractivity contribution in [3.05, 3.63) is 66.0 Å². The average molecular weight is 465 g/mol. The predicted octanol–water partition coefficient (Wildman–Crippen LogP) is 4.85. The van der Waals surface area contributed by atoms with Gasteiger partial charge in [0.15, 0.2) is 5.16 Å². The first-order valence-corrected chi connectivity index (χ1v) is 12.6. The van der Waals surface area contributed by atoms with E-state index in [2.05, 4.69) is 40.7 Å². The SMILES string of the molecule is CCOc1ccc(-n2c(Cc3ccccc3)nnc2SCC(=O)N2C[C@H](C)C[C@H](C)C2)cc1. The Morgan fingerprint density at radius 2 is 1.73 bits per heavy atom. The van der Waals surface area contributed by atoms with Crippen LogP contribution < -0.4 is 4.74 Å². The van der Waals surface area contributed by atoms with Gasteiger partial charge in [0.25, 0.3) is 0 Å². The summed E-state index contributed by atoms with van der Waals surface area (Å²) in [7, 11) is 0. The van der Waals surface area contributed by atoms with Gasteiger partial charge in [0.05, 0.1) is 12.4 Å². The van der Waals surface area contributed by atoms with Gasteiger partial charge in [-0.05, 0) is 55.0 Å². The minimum absolute atomic E-state index is 0.171. The lowest BCUT2D eigenvalue weighted by atomic mass is 9.92. The first-order valence-electron chi connectivity index (χ1n) is 11.7. The van der Waals surface area contributed by atoms with Crippen molar-refractivity contribution in [2.45, 2.75) is 38.8 Å². The summed E-state index contributed by atoms with van der Waals surface area (Å²) in [4.78, 5) is 15.0. The molecule has 3 aromatic rings. The molecule has 7 heteroatoms. The van der Waals surface area contributed by atoms with Gasteiger partial charge in [-0.1, -0.05) is 55.9 Å². The number of carbonyl (C=O) groups is 1. The number of benzene rings is 2. The molecule has 0 bridgehead atoms. The van der Waals surface area contributed by atoms with E-state index in [4.69, 9.17) is 4.74 Å². The van der Waals surface area contributed by atoms with Crippen molar-refractivity contribution in [1.29, 1.82) is 0 Å². The molecule has 0 N–H and O–H groups in total. The highest BCUT2D eigenvalue weighted by molar-refractivity contribution is 7.99.